The van der Waals surface area contributed by atoms with Crippen LogP contribution in [0.2, 0.25) is 5.02 Å². The van der Waals surface area contributed by atoms with Gasteiger partial charge in [-0.25, -0.2) is 19.7 Å². The van der Waals surface area contributed by atoms with E-state index in [1.54, 1.807) is 6.26 Å². The normalized spacial score (nSPS) is 10.2. The average molecular weight is 325 g/mol. The number of carbonyl (C=O) groups is 2. The Morgan fingerprint density at radius 1 is 1.38 bits per heavy atom. The van der Waals surface area contributed by atoms with Crippen LogP contribution < -0.4 is 5.32 Å². The number of anilines is 1. The van der Waals surface area contributed by atoms with Crippen LogP contribution in [0.1, 0.15) is 20.8 Å². The Morgan fingerprint density at radius 2 is 2.14 bits per heavy atom. The van der Waals surface area contributed by atoms with Crippen LogP contribution in [-0.2, 0) is 0 Å². The number of pyridine rings is 1. The van der Waals surface area contributed by atoms with Crippen molar-refractivity contribution in [2.45, 2.75) is 5.16 Å². The molecule has 0 unspecified atom stereocenters. The molecule has 2 aromatic heterocycles. The molecular formula is C12H9ClN4O3S. The zero-order valence-electron chi connectivity index (χ0n) is 10.7. The molecule has 2 heterocycles. The number of carboxylic acid groups (broad SMARTS) is 1. The number of hydrogen-bond acceptors (Lipinski definition) is 6. The van der Waals surface area contributed by atoms with E-state index in [9.17, 15) is 9.59 Å². The first kappa shape index (κ1) is 15.2. The molecule has 0 aromatic carbocycles. The van der Waals surface area contributed by atoms with Gasteiger partial charge in [-0.1, -0.05) is 23.4 Å². The first-order valence-corrected chi connectivity index (χ1v) is 7.19. The molecule has 0 atom stereocenters. The Bertz CT molecular complexity index is 711. The van der Waals surface area contributed by atoms with Gasteiger partial charge in [-0.2, -0.15) is 0 Å². The number of hydrogen-bond donors (Lipinski definition) is 2. The van der Waals surface area contributed by atoms with Gasteiger partial charge in [0, 0.05) is 6.20 Å². The number of nitrogens with one attached hydrogen (secondary N) is 1. The summed E-state index contributed by atoms with van der Waals surface area (Å²) in [5.74, 6) is -1.92. The van der Waals surface area contributed by atoms with Gasteiger partial charge in [-0.3, -0.25) is 4.79 Å². The number of aromatic nitrogens is 3. The third-order valence-electron chi connectivity index (χ3n) is 2.39. The van der Waals surface area contributed by atoms with Crippen LogP contribution in [0, 0.1) is 0 Å². The molecule has 9 heteroatoms. The molecule has 0 spiro atoms. The Hall–Kier alpha value is -2.19. The van der Waals surface area contributed by atoms with Crippen molar-refractivity contribution in [3.05, 3.63) is 40.8 Å². The highest BCUT2D eigenvalue weighted by molar-refractivity contribution is 7.98. The molecule has 7 nitrogen and oxygen atoms in total. The van der Waals surface area contributed by atoms with Gasteiger partial charge in [0.15, 0.2) is 10.9 Å². The molecule has 0 saturated heterocycles. The molecule has 2 aromatic rings. The minimum absolute atomic E-state index is 0.0435. The second-order valence-electron chi connectivity index (χ2n) is 3.71. The second-order valence-corrected chi connectivity index (χ2v) is 4.89. The molecule has 0 radical (unpaired) electrons. The van der Waals surface area contributed by atoms with E-state index in [4.69, 9.17) is 16.7 Å². The molecule has 1 amide bonds. The molecule has 0 aliphatic rings. The van der Waals surface area contributed by atoms with Gasteiger partial charge in [0.1, 0.15) is 11.4 Å². The molecule has 108 valence electrons. The van der Waals surface area contributed by atoms with Crippen LogP contribution in [0.15, 0.2) is 29.7 Å². The molecule has 2 N–H and O–H groups in total. The van der Waals surface area contributed by atoms with E-state index in [1.807, 2.05) is 0 Å². The molecule has 0 aliphatic heterocycles. The topological polar surface area (TPSA) is 105 Å². The van der Waals surface area contributed by atoms with Crippen LogP contribution in [0.4, 0.5) is 5.82 Å². The van der Waals surface area contributed by atoms with Gasteiger partial charge < -0.3 is 10.4 Å². The van der Waals surface area contributed by atoms with Crippen molar-refractivity contribution in [2.24, 2.45) is 0 Å². The van der Waals surface area contributed by atoms with Crippen molar-refractivity contribution in [1.29, 1.82) is 0 Å². The highest BCUT2D eigenvalue weighted by atomic mass is 35.5. The number of carbonyl (C=O) groups excluding carboxylic acids is 1. The highest BCUT2D eigenvalue weighted by Gasteiger charge is 2.18. The first-order valence-electron chi connectivity index (χ1n) is 5.59. The van der Waals surface area contributed by atoms with E-state index in [-0.39, 0.29) is 22.1 Å². The molecular weight excluding hydrogens is 316 g/mol. The lowest BCUT2D eigenvalue weighted by Crippen LogP contribution is -2.18. The average Bonchev–Trinajstić information content (AvgIpc) is 2.48. The van der Waals surface area contributed by atoms with Crippen LogP contribution in [0.5, 0.6) is 0 Å². The van der Waals surface area contributed by atoms with Gasteiger partial charge in [-0.05, 0) is 18.4 Å². The minimum Gasteiger partial charge on any atom is -0.478 e. The number of carboxylic acids is 1. The van der Waals surface area contributed by atoms with Crippen LogP contribution in [0.3, 0.4) is 0 Å². The fraction of sp³-hybridized carbons (Fsp3) is 0.0833. The molecule has 0 fully saturated rings. The largest absolute Gasteiger partial charge is 0.478 e. The quantitative estimate of drug-likeness (QED) is 0.656. The van der Waals surface area contributed by atoms with Crippen molar-refractivity contribution in [3.63, 3.8) is 0 Å². The van der Waals surface area contributed by atoms with Crippen molar-refractivity contribution < 1.29 is 14.7 Å². The van der Waals surface area contributed by atoms with Crippen molar-refractivity contribution in [1.82, 2.24) is 15.0 Å². The van der Waals surface area contributed by atoms with E-state index >= 15 is 0 Å². The second kappa shape index (κ2) is 6.51. The summed E-state index contributed by atoms with van der Waals surface area (Å²) in [6.07, 6.45) is 4.44. The van der Waals surface area contributed by atoms with E-state index in [0.717, 1.165) is 0 Å². The molecule has 0 saturated carbocycles. The fourth-order valence-corrected chi connectivity index (χ4v) is 1.97. The van der Waals surface area contributed by atoms with Gasteiger partial charge in [-0.15, -0.1) is 0 Å². The lowest BCUT2D eigenvalue weighted by Gasteiger charge is -2.08. The smallest absolute Gasteiger partial charge is 0.339 e. The van der Waals surface area contributed by atoms with Gasteiger partial charge >= 0.3 is 5.97 Å². The van der Waals surface area contributed by atoms with Gasteiger partial charge in [0.2, 0.25) is 0 Å². The van der Waals surface area contributed by atoms with Crippen molar-refractivity contribution in [2.75, 3.05) is 11.6 Å². The van der Waals surface area contributed by atoms with Crippen LogP contribution >= 0.6 is 23.4 Å². The third kappa shape index (κ3) is 3.47. The molecule has 21 heavy (non-hydrogen) atoms. The molecule has 2 rings (SSSR count). The molecule has 0 bridgehead atoms. The zero-order valence-corrected chi connectivity index (χ0v) is 12.3. The number of thioether (sulfide) groups is 1. The first-order chi connectivity index (χ1) is 10.0. The van der Waals surface area contributed by atoms with E-state index < -0.39 is 11.9 Å². The predicted octanol–water partition coefficient (Wildman–Crippen LogP) is 2.20. The maximum atomic E-state index is 12.1. The number of nitrogens with zero attached hydrogens (tertiary/aromatic N) is 3. The lowest BCUT2D eigenvalue weighted by molar-refractivity contribution is 0.0697. The van der Waals surface area contributed by atoms with E-state index in [2.05, 4.69) is 20.3 Å². The van der Waals surface area contributed by atoms with Crippen molar-refractivity contribution >= 4 is 41.1 Å². The fourth-order valence-electron chi connectivity index (χ4n) is 1.45. The molecule has 0 aliphatic carbocycles. The maximum absolute atomic E-state index is 12.1. The third-order valence-corrected chi connectivity index (χ3v) is 3.23. The van der Waals surface area contributed by atoms with Gasteiger partial charge in [0.25, 0.3) is 5.91 Å². The SMILES string of the molecule is CSc1ncc(Cl)c(C(=O)Nc2ncccc2C(=O)O)n1. The Morgan fingerprint density at radius 3 is 2.81 bits per heavy atom. The number of halogens is 1. The standard InChI is InChI=1S/C12H9ClN4O3S/c1-21-12-15-5-7(13)8(16-12)10(18)17-9-6(11(19)20)3-2-4-14-9/h2-5H,1H3,(H,19,20)(H,14,17,18). The summed E-state index contributed by atoms with van der Waals surface area (Å²) in [6.45, 7) is 0. The van der Waals surface area contributed by atoms with E-state index in [0.29, 0.717) is 5.16 Å². The summed E-state index contributed by atoms with van der Waals surface area (Å²) >= 11 is 7.14. The lowest BCUT2D eigenvalue weighted by atomic mass is 10.2. The van der Waals surface area contributed by atoms with Crippen molar-refractivity contribution in [3.8, 4) is 0 Å². The zero-order chi connectivity index (χ0) is 15.4. The Balaban J connectivity index is 2.33. The number of amides is 1. The summed E-state index contributed by atoms with van der Waals surface area (Å²) in [5.41, 5.74) is -0.167. The summed E-state index contributed by atoms with van der Waals surface area (Å²) in [6, 6.07) is 2.79. The summed E-state index contributed by atoms with van der Waals surface area (Å²) < 4.78 is 0. The number of aromatic carboxylic acids is 1. The summed E-state index contributed by atoms with van der Waals surface area (Å²) in [5, 5.41) is 11.9. The predicted molar refractivity (Wildman–Crippen MR) is 78.0 cm³/mol. The van der Waals surface area contributed by atoms with Crippen LogP contribution in [0.25, 0.3) is 0 Å². The Labute approximate surface area is 128 Å². The van der Waals surface area contributed by atoms with E-state index in [1.165, 1.54) is 36.3 Å². The number of rotatable bonds is 4. The maximum Gasteiger partial charge on any atom is 0.339 e. The highest BCUT2D eigenvalue weighted by Crippen LogP contribution is 2.19. The van der Waals surface area contributed by atoms with Crippen LogP contribution in [-0.4, -0.2) is 38.2 Å². The summed E-state index contributed by atoms with van der Waals surface area (Å²) in [4.78, 5) is 35.0. The minimum atomic E-state index is -1.20. The monoisotopic (exact) mass is 324 g/mol. The van der Waals surface area contributed by atoms with Gasteiger partial charge in [0.05, 0.1) is 11.2 Å². The summed E-state index contributed by atoms with van der Waals surface area (Å²) in [7, 11) is 0. The Kier molecular flexibility index (Phi) is 4.71.